The summed E-state index contributed by atoms with van der Waals surface area (Å²) in [5.74, 6) is 0. The Labute approximate surface area is 112 Å². The van der Waals surface area contributed by atoms with Crippen LogP contribution in [0.4, 0.5) is 11.4 Å². The molecule has 0 aliphatic rings. The van der Waals surface area contributed by atoms with E-state index in [2.05, 4.69) is 10.4 Å². The zero-order chi connectivity index (χ0) is 14.0. The minimum absolute atomic E-state index is 0.0703. The van der Waals surface area contributed by atoms with E-state index < -0.39 is 10.0 Å². The van der Waals surface area contributed by atoms with Crippen molar-refractivity contribution in [3.05, 3.63) is 36.2 Å². The number of nitrogens with zero attached hydrogens (tertiary/aromatic N) is 2. The van der Waals surface area contributed by atoms with Crippen LogP contribution in [-0.4, -0.2) is 18.2 Å². The van der Waals surface area contributed by atoms with Crippen molar-refractivity contribution >= 4 is 21.4 Å². The number of hydrogen-bond acceptors (Lipinski definition) is 4. The number of para-hydroxylation sites is 1. The molecule has 102 valence electrons. The Balaban J connectivity index is 2.44. The van der Waals surface area contributed by atoms with Gasteiger partial charge in [0.15, 0.2) is 0 Å². The van der Waals surface area contributed by atoms with Crippen LogP contribution in [-0.2, 0) is 23.5 Å². The number of benzene rings is 1. The fraction of sp³-hybridized carbons (Fsp3) is 0.250. The summed E-state index contributed by atoms with van der Waals surface area (Å²) in [5, 5.41) is 12.6. The molecule has 2 rings (SSSR count). The Morgan fingerprint density at radius 1 is 1.32 bits per heavy atom. The number of aromatic nitrogens is 2. The summed E-state index contributed by atoms with van der Waals surface area (Å²) in [6.07, 6.45) is 2.56. The number of nitrogens with two attached hydrogens (primary N) is 1. The van der Waals surface area contributed by atoms with Crippen molar-refractivity contribution in [1.82, 2.24) is 9.78 Å². The van der Waals surface area contributed by atoms with Gasteiger partial charge in [0.2, 0.25) is 10.0 Å². The van der Waals surface area contributed by atoms with Crippen molar-refractivity contribution in [2.45, 2.75) is 18.2 Å². The van der Waals surface area contributed by atoms with Crippen molar-refractivity contribution < 1.29 is 8.42 Å². The highest BCUT2D eigenvalue weighted by atomic mass is 32.2. The minimum Gasteiger partial charge on any atom is -0.352 e. The minimum atomic E-state index is -3.76. The lowest BCUT2D eigenvalue weighted by molar-refractivity contribution is 0.598. The van der Waals surface area contributed by atoms with Gasteiger partial charge in [-0.25, -0.2) is 13.6 Å². The summed E-state index contributed by atoms with van der Waals surface area (Å²) in [6.45, 7) is 1.99. The summed E-state index contributed by atoms with van der Waals surface area (Å²) in [5.41, 5.74) is 2.10. The van der Waals surface area contributed by atoms with E-state index in [-0.39, 0.29) is 4.90 Å². The normalized spacial score (nSPS) is 11.5. The van der Waals surface area contributed by atoms with E-state index in [0.29, 0.717) is 5.69 Å². The Bertz CT molecular complexity index is 692. The number of sulfonamides is 1. The van der Waals surface area contributed by atoms with Gasteiger partial charge in [0.05, 0.1) is 17.1 Å². The van der Waals surface area contributed by atoms with E-state index in [1.54, 1.807) is 29.1 Å². The second-order valence-corrected chi connectivity index (χ2v) is 5.71. The Hall–Kier alpha value is -1.86. The molecule has 1 aromatic heterocycles. The molecular formula is C12H16N4O2S. The van der Waals surface area contributed by atoms with E-state index in [1.165, 1.54) is 6.07 Å². The number of primary sulfonamides is 1. The SMILES string of the molecule is CCc1nn(C)cc1Nc1ccccc1S(N)(=O)=O. The molecule has 1 aromatic carbocycles. The number of aryl methyl sites for hydroxylation is 2. The van der Waals surface area contributed by atoms with Crippen LogP contribution in [0.1, 0.15) is 12.6 Å². The van der Waals surface area contributed by atoms with Crippen LogP contribution < -0.4 is 10.5 Å². The zero-order valence-corrected chi connectivity index (χ0v) is 11.6. The van der Waals surface area contributed by atoms with Gasteiger partial charge in [-0.2, -0.15) is 5.10 Å². The molecule has 0 amide bonds. The molecule has 0 fully saturated rings. The maximum Gasteiger partial charge on any atom is 0.240 e. The molecule has 0 aliphatic carbocycles. The smallest absolute Gasteiger partial charge is 0.240 e. The lowest BCUT2D eigenvalue weighted by atomic mass is 10.2. The quantitative estimate of drug-likeness (QED) is 0.885. The highest BCUT2D eigenvalue weighted by molar-refractivity contribution is 7.89. The van der Waals surface area contributed by atoms with Crippen LogP contribution in [0.25, 0.3) is 0 Å². The van der Waals surface area contributed by atoms with Crippen molar-refractivity contribution in [2.75, 3.05) is 5.32 Å². The van der Waals surface area contributed by atoms with Gasteiger partial charge in [-0.15, -0.1) is 0 Å². The van der Waals surface area contributed by atoms with Crippen LogP contribution in [0.15, 0.2) is 35.4 Å². The van der Waals surface area contributed by atoms with Crippen molar-refractivity contribution in [3.63, 3.8) is 0 Å². The average Bonchev–Trinajstić information content (AvgIpc) is 2.69. The van der Waals surface area contributed by atoms with E-state index >= 15 is 0 Å². The molecule has 0 atom stereocenters. The van der Waals surface area contributed by atoms with Gasteiger partial charge < -0.3 is 5.32 Å². The fourth-order valence-electron chi connectivity index (χ4n) is 1.86. The third-order valence-electron chi connectivity index (χ3n) is 2.70. The van der Waals surface area contributed by atoms with Gasteiger partial charge in [0.25, 0.3) is 0 Å². The van der Waals surface area contributed by atoms with Crippen molar-refractivity contribution in [3.8, 4) is 0 Å². The molecule has 0 radical (unpaired) electrons. The van der Waals surface area contributed by atoms with Gasteiger partial charge in [0, 0.05) is 13.2 Å². The van der Waals surface area contributed by atoms with E-state index in [1.807, 2.05) is 14.0 Å². The van der Waals surface area contributed by atoms with Gasteiger partial charge >= 0.3 is 0 Å². The van der Waals surface area contributed by atoms with Crippen molar-refractivity contribution in [2.24, 2.45) is 12.2 Å². The van der Waals surface area contributed by atoms with Crippen LogP contribution in [0.2, 0.25) is 0 Å². The lowest BCUT2D eigenvalue weighted by Crippen LogP contribution is -2.14. The molecule has 6 nitrogen and oxygen atoms in total. The summed E-state index contributed by atoms with van der Waals surface area (Å²) < 4.78 is 24.7. The van der Waals surface area contributed by atoms with E-state index in [0.717, 1.165) is 17.8 Å². The number of hydrogen-bond donors (Lipinski definition) is 2. The molecule has 0 unspecified atom stereocenters. The molecule has 2 aromatic rings. The zero-order valence-electron chi connectivity index (χ0n) is 10.8. The van der Waals surface area contributed by atoms with E-state index in [9.17, 15) is 8.42 Å². The van der Waals surface area contributed by atoms with Gasteiger partial charge in [-0.05, 0) is 18.6 Å². The molecule has 7 heteroatoms. The first-order chi connectivity index (χ1) is 8.91. The first-order valence-electron chi connectivity index (χ1n) is 5.83. The average molecular weight is 280 g/mol. The monoisotopic (exact) mass is 280 g/mol. The highest BCUT2D eigenvalue weighted by Gasteiger charge is 2.15. The predicted molar refractivity (Wildman–Crippen MR) is 73.7 cm³/mol. The number of anilines is 2. The first-order valence-corrected chi connectivity index (χ1v) is 7.38. The van der Waals surface area contributed by atoms with E-state index in [4.69, 9.17) is 5.14 Å². The summed E-state index contributed by atoms with van der Waals surface area (Å²) in [6, 6.07) is 6.53. The number of rotatable bonds is 4. The molecule has 1 heterocycles. The lowest BCUT2D eigenvalue weighted by Gasteiger charge is -2.09. The number of nitrogens with one attached hydrogen (secondary N) is 1. The Morgan fingerprint density at radius 2 is 2.00 bits per heavy atom. The summed E-state index contributed by atoms with van der Waals surface area (Å²) in [4.78, 5) is 0.0703. The summed E-state index contributed by atoms with van der Waals surface area (Å²) in [7, 11) is -1.94. The van der Waals surface area contributed by atoms with Crippen LogP contribution >= 0.6 is 0 Å². The standard InChI is InChI=1S/C12H16N4O2S/c1-3-9-11(8-16(2)15-9)14-10-6-4-5-7-12(10)19(13,17)18/h4-8,14H,3H2,1-2H3,(H2,13,17,18). The van der Waals surface area contributed by atoms with Crippen molar-refractivity contribution in [1.29, 1.82) is 0 Å². The van der Waals surface area contributed by atoms with Gasteiger partial charge in [0.1, 0.15) is 4.90 Å². The molecule has 19 heavy (non-hydrogen) atoms. The molecular weight excluding hydrogens is 264 g/mol. The Kier molecular flexibility index (Phi) is 3.59. The molecule has 0 spiro atoms. The molecule has 0 bridgehead atoms. The van der Waals surface area contributed by atoms with Gasteiger partial charge in [-0.3, -0.25) is 4.68 Å². The maximum absolute atomic E-state index is 11.5. The third-order valence-corrected chi connectivity index (χ3v) is 3.67. The highest BCUT2D eigenvalue weighted by Crippen LogP contribution is 2.25. The maximum atomic E-state index is 11.5. The second kappa shape index (κ2) is 5.02. The van der Waals surface area contributed by atoms with Gasteiger partial charge in [-0.1, -0.05) is 19.1 Å². The topological polar surface area (TPSA) is 90.0 Å². The molecule has 0 saturated heterocycles. The molecule has 3 N–H and O–H groups in total. The Morgan fingerprint density at radius 3 is 2.63 bits per heavy atom. The third kappa shape index (κ3) is 2.94. The van der Waals surface area contributed by atoms with Crippen LogP contribution in [0.5, 0.6) is 0 Å². The first kappa shape index (κ1) is 13.6. The molecule has 0 aliphatic heterocycles. The largest absolute Gasteiger partial charge is 0.352 e. The predicted octanol–water partition coefficient (Wildman–Crippen LogP) is 1.37. The van der Waals surface area contributed by atoms with Crippen LogP contribution in [0.3, 0.4) is 0 Å². The second-order valence-electron chi connectivity index (χ2n) is 4.18. The fourth-order valence-corrected chi connectivity index (χ4v) is 2.56. The summed E-state index contributed by atoms with van der Waals surface area (Å²) >= 11 is 0. The molecule has 0 saturated carbocycles. The van der Waals surface area contributed by atoms with Crippen LogP contribution in [0, 0.1) is 0 Å².